The highest BCUT2D eigenvalue weighted by Gasteiger charge is 2.49. The normalized spacial score (nSPS) is 17.3. The van der Waals surface area contributed by atoms with Crippen molar-refractivity contribution in [3.8, 4) is 5.75 Å². The average Bonchev–Trinajstić information content (AvgIpc) is 2.44. The first kappa shape index (κ1) is 19.3. The Morgan fingerprint density at radius 3 is 2.48 bits per heavy atom. The Bertz CT molecular complexity index is 614. The number of esters is 1. The van der Waals surface area contributed by atoms with Gasteiger partial charge < -0.3 is 15.2 Å². The van der Waals surface area contributed by atoms with Crippen LogP contribution < -0.4 is 10.5 Å². The minimum atomic E-state index is -4.73. The van der Waals surface area contributed by atoms with Crippen molar-refractivity contribution in [1.82, 2.24) is 0 Å². The van der Waals surface area contributed by atoms with Gasteiger partial charge in [-0.3, -0.25) is 0 Å². The van der Waals surface area contributed by atoms with Crippen LogP contribution in [-0.2, 0) is 9.53 Å². The predicted molar refractivity (Wildman–Crippen MR) is 81.4 cm³/mol. The summed E-state index contributed by atoms with van der Waals surface area (Å²) in [6.07, 6.45) is -5.94. The highest BCUT2D eigenvalue weighted by atomic mass is 35.5. The first-order valence-corrected chi connectivity index (χ1v) is 6.61. The molecule has 1 aliphatic heterocycles. The molecule has 23 heavy (non-hydrogen) atoms. The standard InChI is InChI=1S/C15H16F3NO3.ClH/c1-14(2,8-19)22-13(20)10-7-9-5-3-4-6-11(9)21-12(10)15(16,17)18;/h3-7,12H,8,19H2,1-2H3;1H. The van der Waals surface area contributed by atoms with E-state index >= 15 is 0 Å². The average molecular weight is 352 g/mol. The molecule has 4 nitrogen and oxygen atoms in total. The maximum absolute atomic E-state index is 13.2. The van der Waals surface area contributed by atoms with Gasteiger partial charge in [0.05, 0.1) is 5.57 Å². The van der Waals surface area contributed by atoms with Crippen molar-refractivity contribution in [1.29, 1.82) is 0 Å². The first-order valence-electron chi connectivity index (χ1n) is 6.61. The molecule has 128 valence electrons. The number of ether oxygens (including phenoxy) is 2. The maximum atomic E-state index is 13.2. The molecule has 1 aliphatic rings. The summed E-state index contributed by atoms with van der Waals surface area (Å²) >= 11 is 0. The Hall–Kier alpha value is -1.73. The maximum Gasteiger partial charge on any atom is 0.430 e. The largest absolute Gasteiger partial charge is 0.475 e. The SMILES string of the molecule is CC(C)(CN)OC(=O)C1=Cc2ccccc2OC1C(F)(F)F.Cl. The highest BCUT2D eigenvalue weighted by molar-refractivity contribution is 5.96. The van der Waals surface area contributed by atoms with Crippen LogP contribution in [0, 0.1) is 0 Å². The second-order valence-corrected chi connectivity index (χ2v) is 5.53. The number of carbonyl (C=O) groups excluding carboxylic acids is 1. The molecular weight excluding hydrogens is 335 g/mol. The number of benzene rings is 1. The fourth-order valence-electron chi connectivity index (χ4n) is 1.90. The second-order valence-electron chi connectivity index (χ2n) is 5.53. The number of alkyl halides is 3. The third-order valence-electron chi connectivity index (χ3n) is 3.15. The number of hydrogen-bond donors (Lipinski definition) is 1. The number of halogens is 4. The third kappa shape index (κ3) is 4.39. The van der Waals surface area contributed by atoms with Gasteiger partial charge in [0.15, 0.2) is 0 Å². The van der Waals surface area contributed by atoms with Crippen molar-refractivity contribution < 1.29 is 27.4 Å². The molecule has 0 amide bonds. The van der Waals surface area contributed by atoms with Gasteiger partial charge in [-0.2, -0.15) is 13.2 Å². The lowest BCUT2D eigenvalue weighted by Gasteiger charge is -2.30. The molecule has 1 atom stereocenters. The Morgan fingerprint density at radius 2 is 1.91 bits per heavy atom. The van der Waals surface area contributed by atoms with E-state index in [9.17, 15) is 18.0 Å². The zero-order valence-electron chi connectivity index (χ0n) is 12.5. The molecule has 2 rings (SSSR count). The molecule has 0 aliphatic carbocycles. The molecule has 0 fully saturated rings. The summed E-state index contributed by atoms with van der Waals surface area (Å²) in [5.74, 6) is -1.02. The van der Waals surface area contributed by atoms with E-state index < -0.39 is 29.4 Å². The first-order chi connectivity index (χ1) is 10.1. The van der Waals surface area contributed by atoms with Crippen LogP contribution in [0.4, 0.5) is 13.2 Å². The zero-order valence-corrected chi connectivity index (χ0v) is 13.3. The minimum absolute atomic E-state index is 0. The molecule has 0 spiro atoms. The molecule has 0 saturated heterocycles. The summed E-state index contributed by atoms with van der Waals surface area (Å²) in [4.78, 5) is 12.1. The Balaban J connectivity index is 0.00000264. The topological polar surface area (TPSA) is 61.5 Å². The molecule has 1 unspecified atom stereocenters. The van der Waals surface area contributed by atoms with E-state index in [1.54, 1.807) is 18.2 Å². The van der Waals surface area contributed by atoms with Crippen molar-refractivity contribution in [2.45, 2.75) is 31.7 Å². The van der Waals surface area contributed by atoms with Gasteiger partial charge in [0.2, 0.25) is 6.10 Å². The minimum Gasteiger partial charge on any atom is -0.475 e. The predicted octanol–water partition coefficient (Wildman–Crippen LogP) is 3.10. The van der Waals surface area contributed by atoms with Gasteiger partial charge in [-0.15, -0.1) is 12.4 Å². The summed E-state index contributed by atoms with van der Waals surface area (Å²) < 4.78 is 49.5. The summed E-state index contributed by atoms with van der Waals surface area (Å²) in [7, 11) is 0. The Kier molecular flexibility index (Phi) is 5.71. The molecule has 1 heterocycles. The van der Waals surface area contributed by atoms with Crippen LogP contribution in [0.5, 0.6) is 5.75 Å². The number of fused-ring (bicyclic) bond motifs is 1. The zero-order chi connectivity index (χ0) is 16.5. The molecule has 1 aromatic carbocycles. The molecule has 1 aromatic rings. The number of para-hydroxylation sites is 1. The van der Waals surface area contributed by atoms with Crippen LogP contribution in [0.25, 0.3) is 6.08 Å². The lowest BCUT2D eigenvalue weighted by atomic mass is 10.0. The van der Waals surface area contributed by atoms with Gasteiger partial charge in [-0.05, 0) is 26.0 Å². The quantitative estimate of drug-likeness (QED) is 0.850. The van der Waals surface area contributed by atoms with E-state index in [1.807, 2.05) is 0 Å². The van der Waals surface area contributed by atoms with E-state index in [0.29, 0.717) is 5.56 Å². The van der Waals surface area contributed by atoms with Gasteiger partial charge in [0.25, 0.3) is 0 Å². The second kappa shape index (κ2) is 6.80. The number of nitrogens with two attached hydrogens (primary N) is 1. The van der Waals surface area contributed by atoms with Crippen molar-refractivity contribution >= 4 is 24.5 Å². The van der Waals surface area contributed by atoms with Gasteiger partial charge in [0.1, 0.15) is 11.4 Å². The molecule has 2 N–H and O–H groups in total. The molecule has 8 heteroatoms. The monoisotopic (exact) mass is 351 g/mol. The summed E-state index contributed by atoms with van der Waals surface area (Å²) in [5, 5.41) is 0. The molecule has 0 saturated carbocycles. The number of rotatable bonds is 3. The lowest BCUT2D eigenvalue weighted by Crippen LogP contribution is -2.43. The summed E-state index contributed by atoms with van der Waals surface area (Å²) in [5.41, 5.74) is 4.17. The van der Waals surface area contributed by atoms with Crippen molar-refractivity contribution in [3.63, 3.8) is 0 Å². The Labute approximate surface area is 137 Å². The van der Waals surface area contributed by atoms with Gasteiger partial charge in [-0.25, -0.2) is 4.79 Å². The smallest absolute Gasteiger partial charge is 0.430 e. The van der Waals surface area contributed by atoms with E-state index in [0.717, 1.165) is 6.08 Å². The van der Waals surface area contributed by atoms with E-state index in [1.165, 1.54) is 19.9 Å². The van der Waals surface area contributed by atoms with Crippen LogP contribution in [0.2, 0.25) is 0 Å². The fourth-order valence-corrected chi connectivity index (χ4v) is 1.90. The van der Waals surface area contributed by atoms with Crippen molar-refractivity contribution in [2.75, 3.05) is 6.54 Å². The third-order valence-corrected chi connectivity index (χ3v) is 3.15. The van der Waals surface area contributed by atoms with Gasteiger partial charge >= 0.3 is 12.1 Å². The Morgan fingerprint density at radius 1 is 1.30 bits per heavy atom. The van der Waals surface area contributed by atoms with Crippen LogP contribution in [0.15, 0.2) is 29.8 Å². The van der Waals surface area contributed by atoms with Crippen molar-refractivity contribution in [3.05, 3.63) is 35.4 Å². The molecule has 0 bridgehead atoms. The van der Waals surface area contributed by atoms with E-state index in [4.69, 9.17) is 15.2 Å². The summed E-state index contributed by atoms with van der Waals surface area (Å²) in [6, 6.07) is 6.17. The molecule has 0 aromatic heterocycles. The van der Waals surface area contributed by atoms with Gasteiger partial charge in [0, 0.05) is 12.1 Å². The van der Waals surface area contributed by atoms with Crippen LogP contribution in [0.3, 0.4) is 0 Å². The fraction of sp³-hybridized carbons (Fsp3) is 0.400. The molecule has 0 radical (unpaired) electrons. The van der Waals surface area contributed by atoms with E-state index in [-0.39, 0.29) is 24.7 Å². The molecular formula is C15H17ClF3NO3. The van der Waals surface area contributed by atoms with Crippen LogP contribution in [-0.4, -0.2) is 30.4 Å². The number of hydrogen-bond acceptors (Lipinski definition) is 4. The van der Waals surface area contributed by atoms with E-state index in [2.05, 4.69) is 0 Å². The van der Waals surface area contributed by atoms with Gasteiger partial charge in [-0.1, -0.05) is 18.2 Å². The van der Waals surface area contributed by atoms with Crippen molar-refractivity contribution in [2.24, 2.45) is 5.73 Å². The lowest BCUT2D eigenvalue weighted by molar-refractivity contribution is -0.190. The number of carbonyl (C=O) groups is 1. The highest BCUT2D eigenvalue weighted by Crippen LogP contribution is 2.37. The summed E-state index contributed by atoms with van der Waals surface area (Å²) in [6.45, 7) is 3.03. The van der Waals surface area contributed by atoms with Crippen LogP contribution >= 0.6 is 12.4 Å². The van der Waals surface area contributed by atoms with Crippen LogP contribution in [0.1, 0.15) is 19.4 Å².